The Morgan fingerprint density at radius 2 is 2.17 bits per heavy atom. The highest BCUT2D eigenvalue weighted by Gasteiger charge is 2.34. The minimum Gasteiger partial charge on any atom is -0.489 e. The van der Waals surface area contributed by atoms with Gasteiger partial charge in [-0.15, -0.1) is 0 Å². The summed E-state index contributed by atoms with van der Waals surface area (Å²) in [4.78, 5) is 23.1. The van der Waals surface area contributed by atoms with Crippen molar-refractivity contribution in [3.63, 3.8) is 0 Å². The van der Waals surface area contributed by atoms with Gasteiger partial charge in [0.1, 0.15) is 23.5 Å². The second kappa shape index (κ2) is 7.65. The number of guanidine groups is 1. The van der Waals surface area contributed by atoms with Gasteiger partial charge in [0.15, 0.2) is 0 Å². The van der Waals surface area contributed by atoms with Crippen molar-refractivity contribution in [2.75, 3.05) is 13.1 Å². The number of amides is 2. The number of halogens is 1. The lowest BCUT2D eigenvalue weighted by Gasteiger charge is -2.30. The van der Waals surface area contributed by atoms with Crippen LogP contribution in [0.2, 0.25) is 0 Å². The number of amidine groups is 1. The van der Waals surface area contributed by atoms with Gasteiger partial charge in [0, 0.05) is 30.1 Å². The molecule has 4 rings (SSSR count). The van der Waals surface area contributed by atoms with Crippen LogP contribution in [0.1, 0.15) is 38.8 Å². The van der Waals surface area contributed by atoms with Crippen molar-refractivity contribution in [2.45, 2.75) is 39.3 Å². The van der Waals surface area contributed by atoms with E-state index in [1.807, 2.05) is 20.0 Å². The molecule has 3 aliphatic heterocycles. The average Bonchev–Trinajstić information content (AvgIpc) is 3.10. The maximum atomic E-state index is 14.1. The second-order valence-electron chi connectivity index (χ2n) is 7.14. The summed E-state index contributed by atoms with van der Waals surface area (Å²) in [5, 5.41) is 8.47. The Morgan fingerprint density at radius 3 is 2.97 bits per heavy atom. The van der Waals surface area contributed by atoms with Crippen LogP contribution < -0.4 is 10.1 Å². The topological polar surface area (TPSA) is 81.9 Å². The molecule has 1 N–H and O–H groups in total. The number of carbonyl (C=O) groups excluding carboxylic acids is 1. The van der Waals surface area contributed by atoms with Gasteiger partial charge in [0.25, 0.3) is 5.96 Å². The molecule has 3 aliphatic rings. The van der Waals surface area contributed by atoms with Gasteiger partial charge in [0.05, 0.1) is 12.6 Å². The van der Waals surface area contributed by atoms with Crippen molar-refractivity contribution in [1.29, 1.82) is 0 Å². The summed E-state index contributed by atoms with van der Waals surface area (Å²) in [6.45, 7) is 6.57. The third kappa shape index (κ3) is 3.72. The number of hydrazone groups is 1. The number of benzene rings is 1. The van der Waals surface area contributed by atoms with Crippen molar-refractivity contribution in [3.8, 4) is 5.75 Å². The van der Waals surface area contributed by atoms with Crippen LogP contribution in [-0.2, 0) is 0 Å². The van der Waals surface area contributed by atoms with Crippen LogP contribution in [0.5, 0.6) is 5.75 Å². The molecule has 0 spiro atoms. The molecule has 9 heteroatoms. The van der Waals surface area contributed by atoms with Crippen molar-refractivity contribution in [2.24, 2.45) is 15.1 Å². The summed E-state index contributed by atoms with van der Waals surface area (Å²) < 4.78 is 20.1. The molecular weight excluding hydrogens is 375 g/mol. The molecule has 2 amide bonds. The minimum atomic E-state index is -0.524. The van der Waals surface area contributed by atoms with Gasteiger partial charge < -0.3 is 15.0 Å². The number of hydrogen-bond donors (Lipinski definition) is 1. The molecule has 8 nitrogen and oxygen atoms in total. The Balaban J connectivity index is 1.82. The zero-order chi connectivity index (χ0) is 20.5. The highest BCUT2D eigenvalue weighted by Crippen LogP contribution is 2.36. The molecule has 152 valence electrons. The first kappa shape index (κ1) is 19.1. The first-order chi connectivity index (χ1) is 14.0. The van der Waals surface area contributed by atoms with Gasteiger partial charge in [-0.2, -0.15) is 15.1 Å². The van der Waals surface area contributed by atoms with Gasteiger partial charge in [-0.05, 0) is 45.4 Å². The largest absolute Gasteiger partial charge is 0.489 e. The molecule has 0 radical (unpaired) electrons. The van der Waals surface area contributed by atoms with E-state index in [1.165, 1.54) is 17.1 Å². The van der Waals surface area contributed by atoms with Gasteiger partial charge in [-0.3, -0.25) is 0 Å². The molecule has 1 saturated heterocycles. The molecule has 29 heavy (non-hydrogen) atoms. The fourth-order valence-electron chi connectivity index (χ4n) is 3.66. The number of ether oxygens (including phenoxy) is 1. The number of urea groups is 1. The molecule has 2 bridgehead atoms. The SMILES string of the molecule is C/C=N\N1C=C2CCN3C2=NC1=NC(=O)NCC(C)Oc1ccc(F)cc1C3C. The van der Waals surface area contributed by atoms with Crippen LogP contribution in [0.25, 0.3) is 0 Å². The van der Waals surface area contributed by atoms with Crippen LogP contribution in [0, 0.1) is 5.82 Å². The third-order valence-electron chi connectivity index (χ3n) is 5.07. The monoisotopic (exact) mass is 398 g/mol. The lowest BCUT2D eigenvalue weighted by atomic mass is 10.1. The number of nitrogens with one attached hydrogen (secondary N) is 1. The third-order valence-corrected chi connectivity index (χ3v) is 5.07. The molecule has 1 aromatic rings. The fraction of sp³-hybridized carbons (Fsp3) is 0.400. The summed E-state index contributed by atoms with van der Waals surface area (Å²) in [6, 6.07) is 3.81. The Hall–Kier alpha value is -3.23. The highest BCUT2D eigenvalue weighted by molar-refractivity contribution is 6.11. The highest BCUT2D eigenvalue weighted by atomic mass is 19.1. The van der Waals surface area contributed by atoms with E-state index in [-0.39, 0.29) is 30.5 Å². The van der Waals surface area contributed by atoms with Crippen LogP contribution in [0.4, 0.5) is 9.18 Å². The van der Waals surface area contributed by atoms with Gasteiger partial charge in [-0.25, -0.2) is 14.2 Å². The van der Waals surface area contributed by atoms with Crippen molar-refractivity contribution in [1.82, 2.24) is 15.2 Å². The number of rotatable bonds is 1. The summed E-state index contributed by atoms with van der Waals surface area (Å²) in [5.41, 5.74) is 1.72. The molecule has 2 unspecified atom stereocenters. The summed E-state index contributed by atoms with van der Waals surface area (Å²) in [5.74, 6) is 1.17. The number of fused-ring (bicyclic) bond motifs is 2. The first-order valence-corrected chi connectivity index (χ1v) is 9.63. The van der Waals surface area contributed by atoms with E-state index in [0.717, 1.165) is 17.6 Å². The van der Waals surface area contributed by atoms with E-state index >= 15 is 0 Å². The van der Waals surface area contributed by atoms with Crippen LogP contribution in [0.3, 0.4) is 0 Å². The van der Waals surface area contributed by atoms with E-state index < -0.39 is 6.03 Å². The molecule has 0 saturated carbocycles. The van der Waals surface area contributed by atoms with Crippen molar-refractivity contribution < 1.29 is 13.9 Å². The number of carbonyl (C=O) groups is 1. The van der Waals surface area contributed by atoms with Gasteiger partial charge in [0.2, 0.25) is 0 Å². The maximum Gasteiger partial charge on any atom is 0.344 e. The molecule has 0 aromatic heterocycles. The van der Waals surface area contributed by atoms with E-state index in [0.29, 0.717) is 18.1 Å². The lowest BCUT2D eigenvalue weighted by molar-refractivity contribution is 0.206. The van der Waals surface area contributed by atoms with E-state index in [9.17, 15) is 9.18 Å². The number of aliphatic imine (C=N–C) groups is 2. The summed E-state index contributed by atoms with van der Waals surface area (Å²) in [6.07, 6.45) is 3.90. The number of hydrogen-bond acceptors (Lipinski definition) is 6. The van der Waals surface area contributed by atoms with E-state index in [1.54, 1.807) is 19.2 Å². The van der Waals surface area contributed by atoms with Crippen LogP contribution in [0.15, 0.2) is 45.1 Å². The van der Waals surface area contributed by atoms with Crippen LogP contribution >= 0.6 is 0 Å². The smallest absolute Gasteiger partial charge is 0.344 e. The Morgan fingerprint density at radius 1 is 1.34 bits per heavy atom. The standard InChI is InChI=1S/C20H23FN6O2/c1-4-23-27-11-14-7-8-26-13(3)16-9-15(21)5-6-17(16)29-12(2)10-22-20(28)25-19(27)24-18(14)26/h4-6,9,11-13H,7-8,10H2,1-3H3,(H,22,28)/b23-4-,25-19?. The Bertz CT molecular complexity index is 954. The predicted molar refractivity (Wildman–Crippen MR) is 109 cm³/mol. The van der Waals surface area contributed by atoms with E-state index in [2.05, 4.69) is 25.3 Å². The normalized spacial score (nSPS) is 24.4. The fourth-order valence-corrected chi connectivity index (χ4v) is 3.66. The zero-order valence-electron chi connectivity index (χ0n) is 16.6. The maximum absolute atomic E-state index is 14.1. The van der Waals surface area contributed by atoms with Crippen molar-refractivity contribution in [3.05, 3.63) is 41.4 Å². The minimum absolute atomic E-state index is 0.176. The zero-order valence-corrected chi connectivity index (χ0v) is 16.6. The molecule has 2 atom stereocenters. The van der Waals surface area contributed by atoms with Crippen LogP contribution in [-0.4, -0.2) is 53.1 Å². The second-order valence-corrected chi connectivity index (χ2v) is 7.14. The van der Waals surface area contributed by atoms with Gasteiger partial charge in [-0.1, -0.05) is 0 Å². The number of nitrogens with zero attached hydrogens (tertiary/aromatic N) is 5. The lowest BCUT2D eigenvalue weighted by Crippen LogP contribution is -2.35. The van der Waals surface area contributed by atoms with Crippen molar-refractivity contribution >= 4 is 24.0 Å². The van der Waals surface area contributed by atoms with Gasteiger partial charge >= 0.3 is 6.03 Å². The summed E-state index contributed by atoms with van der Waals surface area (Å²) >= 11 is 0. The summed E-state index contributed by atoms with van der Waals surface area (Å²) in [7, 11) is 0. The molecular formula is C20H23FN6O2. The molecule has 1 fully saturated rings. The quantitative estimate of drug-likeness (QED) is 0.737. The van der Waals surface area contributed by atoms with E-state index in [4.69, 9.17) is 4.74 Å². The Kier molecular flexibility index (Phi) is 5.04. The Labute approximate surface area is 168 Å². The first-order valence-electron chi connectivity index (χ1n) is 9.63. The molecule has 3 heterocycles. The average molecular weight is 398 g/mol. The predicted octanol–water partition coefficient (Wildman–Crippen LogP) is 3.04. The molecule has 0 aliphatic carbocycles. The molecule has 1 aromatic carbocycles.